The van der Waals surface area contributed by atoms with Crippen molar-refractivity contribution in [3.63, 3.8) is 0 Å². The van der Waals surface area contributed by atoms with E-state index in [9.17, 15) is 0 Å². The van der Waals surface area contributed by atoms with E-state index in [1.165, 1.54) is 37.7 Å². The van der Waals surface area contributed by atoms with E-state index in [4.69, 9.17) is 5.73 Å². The predicted molar refractivity (Wildman–Crippen MR) is 73.4 cm³/mol. The summed E-state index contributed by atoms with van der Waals surface area (Å²) < 4.78 is 0. The van der Waals surface area contributed by atoms with Crippen LogP contribution in [0.3, 0.4) is 0 Å². The molecular weight excluding hydrogens is 220 g/mol. The summed E-state index contributed by atoms with van der Waals surface area (Å²) in [6, 6.07) is 13.9. The Kier molecular flexibility index (Phi) is 2.49. The van der Waals surface area contributed by atoms with E-state index in [-0.39, 0.29) is 0 Å². The van der Waals surface area contributed by atoms with Gasteiger partial charge in [0.25, 0.3) is 0 Å². The molecule has 0 spiro atoms. The first-order valence-electron chi connectivity index (χ1n) is 7.41. The maximum Gasteiger partial charge on any atom is 0.0177 e. The smallest absolute Gasteiger partial charge is 0.0177 e. The Hall–Kier alpha value is -0.860. The molecule has 0 aromatic heterocycles. The Balaban J connectivity index is 1.51. The summed E-state index contributed by atoms with van der Waals surface area (Å²) in [7, 11) is 0. The van der Waals surface area contributed by atoms with Crippen molar-refractivity contribution in [2.75, 3.05) is 0 Å². The van der Waals surface area contributed by atoms with E-state index in [0.29, 0.717) is 6.04 Å². The molecule has 2 aliphatic heterocycles. The zero-order chi connectivity index (χ0) is 12.1. The van der Waals surface area contributed by atoms with Crippen molar-refractivity contribution in [2.24, 2.45) is 5.73 Å². The molecule has 1 saturated carbocycles. The van der Waals surface area contributed by atoms with Crippen LogP contribution in [0.5, 0.6) is 0 Å². The highest BCUT2D eigenvalue weighted by molar-refractivity contribution is 5.28. The van der Waals surface area contributed by atoms with Gasteiger partial charge in [-0.25, -0.2) is 0 Å². The standard InChI is InChI=1S/C16H22N2/c17-12-8-13-6-7-14(9-12)18(13)16-10-15(16)11-4-2-1-3-5-11/h1-5,12-16H,6-10,17H2. The van der Waals surface area contributed by atoms with Gasteiger partial charge in [-0.1, -0.05) is 30.3 Å². The van der Waals surface area contributed by atoms with Crippen molar-refractivity contribution < 1.29 is 0 Å². The van der Waals surface area contributed by atoms with Crippen molar-refractivity contribution >= 4 is 0 Å². The van der Waals surface area contributed by atoms with Crippen LogP contribution in [0.1, 0.15) is 43.6 Å². The highest BCUT2D eigenvalue weighted by Gasteiger charge is 2.51. The summed E-state index contributed by atoms with van der Waals surface area (Å²) in [6.07, 6.45) is 6.60. The fourth-order valence-corrected chi connectivity index (χ4v) is 4.37. The quantitative estimate of drug-likeness (QED) is 0.863. The zero-order valence-electron chi connectivity index (χ0n) is 10.8. The van der Waals surface area contributed by atoms with Crippen LogP contribution in [0, 0.1) is 0 Å². The SMILES string of the molecule is NC1CC2CCC(C1)N2C1CC1c1ccccc1. The number of fused-ring (bicyclic) bond motifs is 2. The van der Waals surface area contributed by atoms with Gasteiger partial charge in [0.2, 0.25) is 0 Å². The number of rotatable bonds is 2. The van der Waals surface area contributed by atoms with Gasteiger partial charge in [-0.15, -0.1) is 0 Å². The van der Waals surface area contributed by atoms with Crippen molar-refractivity contribution in [3.05, 3.63) is 35.9 Å². The van der Waals surface area contributed by atoms with Crippen molar-refractivity contribution in [1.29, 1.82) is 0 Å². The van der Waals surface area contributed by atoms with E-state index >= 15 is 0 Å². The van der Waals surface area contributed by atoms with Crippen molar-refractivity contribution in [2.45, 2.75) is 62.2 Å². The average molecular weight is 242 g/mol. The van der Waals surface area contributed by atoms with Crippen LogP contribution in [0.25, 0.3) is 0 Å². The number of benzene rings is 1. The summed E-state index contributed by atoms with van der Waals surface area (Å²) in [6.45, 7) is 0. The monoisotopic (exact) mass is 242 g/mol. The second kappa shape index (κ2) is 4.07. The third-order valence-electron chi connectivity index (χ3n) is 5.19. The van der Waals surface area contributed by atoms with Gasteiger partial charge in [-0.2, -0.15) is 0 Å². The first-order chi connectivity index (χ1) is 8.83. The lowest BCUT2D eigenvalue weighted by Gasteiger charge is -2.38. The lowest BCUT2D eigenvalue weighted by atomic mass is 9.97. The minimum atomic E-state index is 0.465. The van der Waals surface area contributed by atoms with Gasteiger partial charge in [-0.05, 0) is 37.7 Å². The topological polar surface area (TPSA) is 29.3 Å². The van der Waals surface area contributed by atoms with Gasteiger partial charge < -0.3 is 5.73 Å². The third kappa shape index (κ3) is 1.70. The van der Waals surface area contributed by atoms with Crippen LogP contribution in [0.2, 0.25) is 0 Å². The molecule has 2 heteroatoms. The molecule has 3 aliphatic rings. The van der Waals surface area contributed by atoms with E-state index in [1.54, 1.807) is 0 Å². The number of hydrogen-bond donors (Lipinski definition) is 1. The molecule has 1 aromatic rings. The lowest BCUT2D eigenvalue weighted by molar-refractivity contribution is 0.117. The highest BCUT2D eigenvalue weighted by Crippen LogP contribution is 2.51. The minimum Gasteiger partial charge on any atom is -0.328 e. The number of nitrogens with two attached hydrogens (primary N) is 1. The Morgan fingerprint density at radius 3 is 2.28 bits per heavy atom. The maximum atomic E-state index is 6.16. The summed E-state index contributed by atoms with van der Waals surface area (Å²) in [5.41, 5.74) is 7.70. The average Bonchev–Trinajstić information content (AvgIpc) is 3.12. The highest BCUT2D eigenvalue weighted by atomic mass is 15.3. The molecule has 4 atom stereocenters. The number of nitrogens with zero attached hydrogens (tertiary/aromatic N) is 1. The van der Waals surface area contributed by atoms with Crippen LogP contribution in [-0.4, -0.2) is 29.1 Å². The van der Waals surface area contributed by atoms with Crippen LogP contribution >= 0.6 is 0 Å². The molecule has 1 aliphatic carbocycles. The molecule has 18 heavy (non-hydrogen) atoms. The molecule has 3 fully saturated rings. The normalized spacial score (nSPS) is 43.1. The van der Waals surface area contributed by atoms with Crippen molar-refractivity contribution in [3.8, 4) is 0 Å². The first-order valence-corrected chi connectivity index (χ1v) is 7.41. The van der Waals surface area contributed by atoms with Gasteiger partial charge in [0.05, 0.1) is 0 Å². The van der Waals surface area contributed by atoms with Crippen LogP contribution in [0.15, 0.2) is 30.3 Å². The number of piperidine rings is 1. The molecular formula is C16H22N2. The minimum absolute atomic E-state index is 0.465. The van der Waals surface area contributed by atoms with Gasteiger partial charge in [0.1, 0.15) is 0 Å². The largest absolute Gasteiger partial charge is 0.328 e. The van der Waals surface area contributed by atoms with Gasteiger partial charge in [-0.3, -0.25) is 4.90 Å². The molecule has 0 radical (unpaired) electrons. The molecule has 2 N–H and O–H groups in total. The van der Waals surface area contributed by atoms with Crippen LogP contribution < -0.4 is 5.73 Å². The zero-order valence-corrected chi connectivity index (χ0v) is 10.8. The summed E-state index contributed by atoms with van der Waals surface area (Å²) in [5.74, 6) is 0.795. The maximum absolute atomic E-state index is 6.16. The molecule has 4 unspecified atom stereocenters. The van der Waals surface area contributed by atoms with Gasteiger partial charge >= 0.3 is 0 Å². The third-order valence-corrected chi connectivity index (χ3v) is 5.19. The molecule has 1 aromatic carbocycles. The van der Waals surface area contributed by atoms with E-state index in [2.05, 4.69) is 35.2 Å². The Labute approximate surface area is 109 Å². The molecule has 2 saturated heterocycles. The van der Waals surface area contributed by atoms with Crippen molar-refractivity contribution in [1.82, 2.24) is 4.90 Å². The molecule has 4 rings (SSSR count). The van der Waals surface area contributed by atoms with E-state index in [0.717, 1.165) is 24.0 Å². The Morgan fingerprint density at radius 1 is 0.944 bits per heavy atom. The van der Waals surface area contributed by atoms with E-state index in [1.807, 2.05) is 0 Å². The Morgan fingerprint density at radius 2 is 1.61 bits per heavy atom. The fraction of sp³-hybridized carbons (Fsp3) is 0.625. The molecule has 96 valence electrons. The lowest BCUT2D eigenvalue weighted by Crippen LogP contribution is -2.48. The van der Waals surface area contributed by atoms with Gasteiger partial charge in [0, 0.05) is 30.1 Å². The number of hydrogen-bond acceptors (Lipinski definition) is 2. The molecule has 2 nitrogen and oxygen atoms in total. The summed E-state index contributed by atoms with van der Waals surface area (Å²) in [5, 5.41) is 0. The second-order valence-electron chi connectivity index (χ2n) is 6.38. The van der Waals surface area contributed by atoms with Crippen LogP contribution in [0.4, 0.5) is 0 Å². The molecule has 0 amide bonds. The molecule has 2 heterocycles. The first kappa shape index (κ1) is 11.0. The molecule has 2 bridgehead atoms. The van der Waals surface area contributed by atoms with Crippen LogP contribution in [-0.2, 0) is 0 Å². The predicted octanol–water partition coefficient (Wildman–Crippen LogP) is 2.50. The van der Waals surface area contributed by atoms with Gasteiger partial charge in [0.15, 0.2) is 0 Å². The van der Waals surface area contributed by atoms with E-state index < -0.39 is 0 Å². The Bertz CT molecular complexity index is 416. The summed E-state index contributed by atoms with van der Waals surface area (Å²) in [4.78, 5) is 2.83. The fourth-order valence-electron chi connectivity index (χ4n) is 4.37. The summed E-state index contributed by atoms with van der Waals surface area (Å²) >= 11 is 0. The second-order valence-corrected chi connectivity index (χ2v) is 6.38.